The lowest BCUT2D eigenvalue weighted by Crippen LogP contribution is -2.45. The van der Waals surface area contributed by atoms with E-state index in [9.17, 15) is 18.0 Å². The lowest BCUT2D eigenvalue weighted by Gasteiger charge is -2.28. The Morgan fingerprint density at radius 2 is 1.96 bits per heavy atom. The van der Waals surface area contributed by atoms with Gasteiger partial charge in [0.05, 0.1) is 17.1 Å². The van der Waals surface area contributed by atoms with E-state index in [4.69, 9.17) is 22.1 Å². The van der Waals surface area contributed by atoms with E-state index in [1.165, 1.54) is 18.2 Å². The van der Waals surface area contributed by atoms with Crippen molar-refractivity contribution in [2.75, 3.05) is 18.1 Å². The number of nitrogens with zero attached hydrogens (tertiary/aromatic N) is 1. The van der Waals surface area contributed by atoms with E-state index in [0.29, 0.717) is 11.4 Å². The molecule has 0 aromatic heterocycles. The lowest BCUT2D eigenvalue weighted by atomic mass is 10.2. The second-order valence-electron chi connectivity index (χ2n) is 6.38. The minimum absolute atomic E-state index is 0.00270. The van der Waals surface area contributed by atoms with Crippen molar-refractivity contribution in [3.63, 3.8) is 0 Å². The number of carbonyl (C=O) groups is 2. The molecule has 0 unspecified atom stereocenters. The Kier molecular flexibility index (Phi) is 4.92. The Balaban J connectivity index is 1.70. The van der Waals surface area contributed by atoms with Crippen LogP contribution < -0.4 is 10.5 Å². The summed E-state index contributed by atoms with van der Waals surface area (Å²) < 4.78 is 28.9. The van der Waals surface area contributed by atoms with Crippen molar-refractivity contribution in [2.24, 2.45) is 5.73 Å². The molecule has 1 saturated heterocycles. The summed E-state index contributed by atoms with van der Waals surface area (Å²) >= 11 is 5.84. The van der Waals surface area contributed by atoms with Gasteiger partial charge in [-0.25, -0.2) is 8.42 Å². The fourth-order valence-corrected chi connectivity index (χ4v) is 4.97. The largest absolute Gasteiger partial charge is 0.483 e. The summed E-state index contributed by atoms with van der Waals surface area (Å²) in [6.07, 6.45) is 2.20. The minimum Gasteiger partial charge on any atom is -0.483 e. The van der Waals surface area contributed by atoms with Gasteiger partial charge in [0, 0.05) is 17.1 Å². The molecule has 0 bridgehead atoms. The summed E-state index contributed by atoms with van der Waals surface area (Å²) in [6, 6.07) is 4.18. The molecule has 2 N–H and O–H groups in total. The van der Waals surface area contributed by atoms with Crippen LogP contribution in [0.2, 0.25) is 5.02 Å². The van der Waals surface area contributed by atoms with Crippen molar-refractivity contribution in [3.05, 3.63) is 28.8 Å². The molecule has 2 aliphatic rings. The molecule has 1 atom stereocenters. The number of sulfone groups is 1. The quantitative estimate of drug-likeness (QED) is 0.784. The van der Waals surface area contributed by atoms with Gasteiger partial charge in [-0.1, -0.05) is 11.6 Å². The van der Waals surface area contributed by atoms with Gasteiger partial charge in [-0.3, -0.25) is 9.59 Å². The highest BCUT2D eigenvalue weighted by atomic mass is 35.5. The number of ether oxygens (including phenoxy) is 1. The number of benzene rings is 1. The highest BCUT2D eigenvalue weighted by Gasteiger charge is 2.42. The van der Waals surface area contributed by atoms with Gasteiger partial charge >= 0.3 is 0 Å². The first-order valence-electron chi connectivity index (χ1n) is 8.00. The molecule has 7 nitrogen and oxygen atoms in total. The first-order chi connectivity index (χ1) is 11.8. The summed E-state index contributed by atoms with van der Waals surface area (Å²) in [6.45, 7) is -0.283. The molecule has 1 saturated carbocycles. The molecular weight excluding hydrogens is 368 g/mol. The Labute approximate surface area is 151 Å². The summed E-state index contributed by atoms with van der Waals surface area (Å²) in [7, 11) is -3.08. The molecular formula is C16H19ClN2O5S. The number of primary amides is 1. The van der Waals surface area contributed by atoms with Crippen LogP contribution in [-0.4, -0.2) is 55.3 Å². The van der Waals surface area contributed by atoms with E-state index in [-0.39, 0.29) is 47.4 Å². The predicted molar refractivity (Wildman–Crippen MR) is 92.4 cm³/mol. The third-order valence-electron chi connectivity index (χ3n) is 4.39. The average molecular weight is 387 g/mol. The first kappa shape index (κ1) is 18.0. The summed E-state index contributed by atoms with van der Waals surface area (Å²) in [4.78, 5) is 25.7. The van der Waals surface area contributed by atoms with Crippen molar-refractivity contribution >= 4 is 33.3 Å². The van der Waals surface area contributed by atoms with E-state index in [1.807, 2.05) is 0 Å². The van der Waals surface area contributed by atoms with Crippen molar-refractivity contribution < 1.29 is 22.7 Å². The van der Waals surface area contributed by atoms with Crippen molar-refractivity contribution in [1.82, 2.24) is 4.90 Å². The summed E-state index contributed by atoms with van der Waals surface area (Å²) in [5, 5.41) is 0.336. The molecule has 0 spiro atoms. The van der Waals surface area contributed by atoms with Crippen LogP contribution in [0.5, 0.6) is 5.75 Å². The van der Waals surface area contributed by atoms with E-state index in [1.54, 1.807) is 4.90 Å². The van der Waals surface area contributed by atoms with Gasteiger partial charge in [0.1, 0.15) is 5.75 Å². The second-order valence-corrected chi connectivity index (χ2v) is 9.05. The van der Waals surface area contributed by atoms with E-state index < -0.39 is 15.7 Å². The van der Waals surface area contributed by atoms with Crippen LogP contribution in [-0.2, 0) is 14.6 Å². The second kappa shape index (κ2) is 6.84. The number of amides is 2. The van der Waals surface area contributed by atoms with Crippen LogP contribution in [0.15, 0.2) is 18.2 Å². The molecule has 25 heavy (non-hydrogen) atoms. The lowest BCUT2D eigenvalue weighted by molar-refractivity contribution is -0.135. The van der Waals surface area contributed by atoms with E-state index in [0.717, 1.165) is 12.8 Å². The van der Waals surface area contributed by atoms with Crippen LogP contribution in [0.4, 0.5) is 0 Å². The van der Waals surface area contributed by atoms with Crippen LogP contribution in [0.3, 0.4) is 0 Å². The molecule has 1 aliphatic heterocycles. The van der Waals surface area contributed by atoms with Gasteiger partial charge in [-0.15, -0.1) is 0 Å². The Bertz CT molecular complexity index is 807. The molecule has 2 amide bonds. The smallest absolute Gasteiger partial charge is 0.261 e. The Morgan fingerprint density at radius 3 is 2.52 bits per heavy atom. The topological polar surface area (TPSA) is 107 Å². The number of rotatable bonds is 6. The highest BCUT2D eigenvalue weighted by Crippen LogP contribution is 2.32. The molecule has 1 heterocycles. The van der Waals surface area contributed by atoms with Gasteiger partial charge in [-0.2, -0.15) is 0 Å². The van der Waals surface area contributed by atoms with Crippen LogP contribution in [0, 0.1) is 0 Å². The molecule has 1 aromatic rings. The van der Waals surface area contributed by atoms with Gasteiger partial charge < -0.3 is 15.4 Å². The maximum absolute atomic E-state index is 12.6. The molecule has 1 aromatic carbocycles. The maximum Gasteiger partial charge on any atom is 0.261 e. The van der Waals surface area contributed by atoms with Gasteiger partial charge in [0.25, 0.3) is 11.8 Å². The van der Waals surface area contributed by atoms with E-state index >= 15 is 0 Å². The minimum atomic E-state index is -3.08. The van der Waals surface area contributed by atoms with Crippen LogP contribution in [0.1, 0.15) is 29.6 Å². The van der Waals surface area contributed by atoms with Crippen LogP contribution >= 0.6 is 11.6 Å². The zero-order valence-corrected chi connectivity index (χ0v) is 15.1. The summed E-state index contributed by atoms with van der Waals surface area (Å²) in [5.41, 5.74) is 5.40. The molecule has 0 radical (unpaired) electrons. The predicted octanol–water partition coefficient (Wildman–Crippen LogP) is 0.996. The fraction of sp³-hybridized carbons (Fsp3) is 0.500. The Morgan fingerprint density at radius 1 is 1.24 bits per heavy atom. The van der Waals surface area contributed by atoms with E-state index in [2.05, 4.69) is 0 Å². The third-order valence-corrected chi connectivity index (χ3v) is 6.37. The molecule has 136 valence electrons. The monoisotopic (exact) mass is 386 g/mol. The fourth-order valence-electron chi connectivity index (χ4n) is 3.09. The normalized spacial score (nSPS) is 21.7. The Hall–Kier alpha value is -1.80. The van der Waals surface area contributed by atoms with Gasteiger partial charge in [-0.05, 0) is 37.5 Å². The van der Waals surface area contributed by atoms with Gasteiger partial charge in [0.2, 0.25) is 0 Å². The summed E-state index contributed by atoms with van der Waals surface area (Å²) in [5.74, 6) is -0.693. The number of carbonyl (C=O) groups excluding carboxylic acids is 2. The number of hydrogen-bond donors (Lipinski definition) is 1. The van der Waals surface area contributed by atoms with Gasteiger partial charge in [0.15, 0.2) is 16.4 Å². The third kappa shape index (κ3) is 4.24. The number of nitrogens with two attached hydrogens (primary N) is 1. The number of halogens is 1. The highest BCUT2D eigenvalue weighted by molar-refractivity contribution is 7.91. The van der Waals surface area contributed by atoms with Crippen LogP contribution in [0.25, 0.3) is 0 Å². The van der Waals surface area contributed by atoms with Crippen molar-refractivity contribution in [2.45, 2.75) is 31.3 Å². The molecule has 1 aliphatic carbocycles. The average Bonchev–Trinajstić information content (AvgIpc) is 3.29. The van der Waals surface area contributed by atoms with Crippen molar-refractivity contribution in [3.8, 4) is 5.75 Å². The molecule has 3 rings (SSSR count). The number of hydrogen-bond acceptors (Lipinski definition) is 5. The standard InChI is InChI=1S/C16H19ClN2O5S/c17-10-1-4-14(13(7-10)16(18)21)24-8-15(20)19(11-2-3-11)12-5-6-25(22,23)9-12/h1,4,7,11-12H,2-3,5-6,8-9H2,(H2,18,21)/t12-/m1/s1. The SMILES string of the molecule is NC(=O)c1cc(Cl)ccc1OCC(=O)N(C1CC1)[C@@H]1CCS(=O)(=O)C1. The molecule has 2 fully saturated rings. The molecule has 9 heteroatoms. The zero-order valence-electron chi connectivity index (χ0n) is 13.5. The first-order valence-corrected chi connectivity index (χ1v) is 10.2. The van der Waals surface area contributed by atoms with Crippen molar-refractivity contribution in [1.29, 1.82) is 0 Å². The zero-order chi connectivity index (χ0) is 18.2. The maximum atomic E-state index is 12.6.